The van der Waals surface area contributed by atoms with Crippen molar-refractivity contribution in [3.05, 3.63) is 52.8 Å². The number of rotatable bonds is 6. The van der Waals surface area contributed by atoms with E-state index in [4.69, 9.17) is 16.3 Å². The first-order chi connectivity index (χ1) is 15.3. The van der Waals surface area contributed by atoms with Crippen molar-refractivity contribution in [2.24, 2.45) is 11.8 Å². The van der Waals surface area contributed by atoms with Crippen LogP contribution in [0.1, 0.15) is 48.9 Å². The Balaban J connectivity index is 1.56. The zero-order chi connectivity index (χ0) is 22.9. The minimum Gasteiger partial charge on any atom is -0.497 e. The number of halogens is 2. The third-order valence-electron chi connectivity index (χ3n) is 6.55. The highest BCUT2D eigenvalue weighted by Gasteiger charge is 2.38. The average Bonchev–Trinajstić information content (AvgIpc) is 3.16. The molecule has 0 aliphatic heterocycles. The third kappa shape index (κ3) is 4.71. The Hall–Kier alpha value is -2.32. The lowest BCUT2D eigenvalue weighted by atomic mass is 9.80. The van der Waals surface area contributed by atoms with E-state index >= 15 is 0 Å². The van der Waals surface area contributed by atoms with Crippen LogP contribution in [0.2, 0.25) is 5.02 Å². The number of methoxy groups -OCH3 is 1. The van der Waals surface area contributed by atoms with Gasteiger partial charge in [-0.05, 0) is 67.5 Å². The molecule has 2 aliphatic carbocycles. The molecule has 2 N–H and O–H groups in total. The number of fused-ring (bicyclic) bond motifs is 1. The summed E-state index contributed by atoms with van der Waals surface area (Å²) in [6.07, 6.45) is 6.63. The molecule has 0 aromatic heterocycles. The van der Waals surface area contributed by atoms with Gasteiger partial charge in [0.15, 0.2) is 0 Å². The van der Waals surface area contributed by atoms with Crippen LogP contribution < -0.4 is 14.8 Å². The van der Waals surface area contributed by atoms with Crippen LogP contribution in [-0.2, 0) is 10.0 Å². The molecule has 0 heterocycles. The van der Waals surface area contributed by atoms with E-state index in [1.165, 1.54) is 32.1 Å². The Bertz CT molecular complexity index is 1110. The number of sulfonamides is 1. The van der Waals surface area contributed by atoms with Gasteiger partial charge < -0.3 is 10.1 Å². The summed E-state index contributed by atoms with van der Waals surface area (Å²) in [5.41, 5.74) is 0.183. The maximum Gasteiger partial charge on any atom is 0.264 e. The Kier molecular flexibility index (Phi) is 6.62. The first-order valence-electron chi connectivity index (χ1n) is 10.8. The van der Waals surface area contributed by atoms with Crippen LogP contribution in [0.25, 0.3) is 0 Å². The second-order valence-corrected chi connectivity index (χ2v) is 10.5. The fourth-order valence-corrected chi connectivity index (χ4v) is 6.32. The van der Waals surface area contributed by atoms with E-state index in [1.54, 1.807) is 12.1 Å². The molecule has 172 valence electrons. The van der Waals surface area contributed by atoms with E-state index in [9.17, 15) is 17.6 Å². The van der Waals surface area contributed by atoms with Crippen molar-refractivity contribution in [3.63, 3.8) is 0 Å². The molecule has 1 amide bonds. The molecule has 2 aliphatic rings. The topological polar surface area (TPSA) is 84.5 Å². The summed E-state index contributed by atoms with van der Waals surface area (Å²) in [7, 11) is -2.79. The number of benzene rings is 2. The predicted octanol–water partition coefficient (Wildman–Crippen LogP) is 4.99. The van der Waals surface area contributed by atoms with E-state index in [-0.39, 0.29) is 22.3 Å². The fraction of sp³-hybridized carbons (Fsp3) is 0.435. The molecule has 9 heteroatoms. The molecule has 2 saturated carbocycles. The SMILES string of the molecule is COc1ccc(NS(=O)(=O)c2cc(C(=O)NC3CCC4CCCCC43)c(Cl)cc2F)cc1. The zero-order valence-electron chi connectivity index (χ0n) is 17.7. The standard InChI is InChI=1S/C23H26ClFN2O4S/c1-31-16-9-7-15(8-10-16)27-32(29,30)22-12-18(19(24)13-20(22)25)23(28)26-21-11-6-14-4-2-3-5-17(14)21/h7-10,12-14,17,21,27H,2-6,11H2,1H3,(H,26,28). The minimum atomic E-state index is -4.29. The molecule has 6 nitrogen and oxygen atoms in total. The molecule has 0 spiro atoms. The fourth-order valence-electron chi connectivity index (χ4n) is 4.94. The van der Waals surface area contributed by atoms with Gasteiger partial charge in [-0.2, -0.15) is 0 Å². The number of ether oxygens (including phenoxy) is 1. The van der Waals surface area contributed by atoms with E-state index in [1.807, 2.05) is 0 Å². The quantitative estimate of drug-likeness (QED) is 0.610. The van der Waals surface area contributed by atoms with Crippen molar-refractivity contribution in [1.82, 2.24) is 5.32 Å². The van der Waals surface area contributed by atoms with Crippen molar-refractivity contribution in [3.8, 4) is 5.75 Å². The third-order valence-corrected chi connectivity index (χ3v) is 8.26. The molecule has 0 saturated heterocycles. The van der Waals surface area contributed by atoms with Crippen molar-refractivity contribution in [1.29, 1.82) is 0 Å². The number of amides is 1. The van der Waals surface area contributed by atoms with Crippen molar-refractivity contribution >= 4 is 33.2 Å². The highest BCUT2D eigenvalue weighted by atomic mass is 35.5. The summed E-state index contributed by atoms with van der Waals surface area (Å²) in [5, 5.41) is 2.90. The number of nitrogens with one attached hydrogen (secondary N) is 2. The molecule has 4 rings (SSSR count). The zero-order valence-corrected chi connectivity index (χ0v) is 19.3. The maximum absolute atomic E-state index is 14.6. The molecule has 3 unspecified atom stereocenters. The summed E-state index contributed by atoms with van der Waals surface area (Å²) >= 11 is 6.13. The van der Waals surface area contributed by atoms with Crippen LogP contribution in [-0.4, -0.2) is 27.5 Å². The van der Waals surface area contributed by atoms with Crippen LogP contribution in [0, 0.1) is 17.7 Å². The molecule has 32 heavy (non-hydrogen) atoms. The minimum absolute atomic E-state index is 0.0337. The van der Waals surface area contributed by atoms with Crippen LogP contribution in [0.5, 0.6) is 5.75 Å². The number of hydrogen-bond acceptors (Lipinski definition) is 4. The van der Waals surface area contributed by atoms with E-state index in [2.05, 4.69) is 10.0 Å². The van der Waals surface area contributed by atoms with Gasteiger partial charge in [-0.15, -0.1) is 0 Å². The van der Waals surface area contributed by atoms with Gasteiger partial charge in [0, 0.05) is 11.7 Å². The first-order valence-corrected chi connectivity index (χ1v) is 12.6. The summed E-state index contributed by atoms with van der Waals surface area (Å²) in [4.78, 5) is 12.3. The largest absolute Gasteiger partial charge is 0.497 e. The molecule has 3 atom stereocenters. The molecular formula is C23H26ClFN2O4S. The van der Waals surface area contributed by atoms with E-state index in [0.29, 0.717) is 17.6 Å². The molecule has 0 bridgehead atoms. The second kappa shape index (κ2) is 9.27. The molecule has 2 aromatic rings. The second-order valence-electron chi connectivity index (χ2n) is 8.46. The van der Waals surface area contributed by atoms with Crippen LogP contribution in [0.15, 0.2) is 41.3 Å². The van der Waals surface area contributed by atoms with E-state index in [0.717, 1.165) is 37.8 Å². The summed E-state index contributed by atoms with van der Waals surface area (Å²) in [6, 6.07) is 8.07. The van der Waals surface area contributed by atoms with E-state index < -0.39 is 26.6 Å². The first kappa shape index (κ1) is 22.9. The summed E-state index contributed by atoms with van der Waals surface area (Å²) in [6.45, 7) is 0. The van der Waals surface area contributed by atoms with Gasteiger partial charge in [0.25, 0.3) is 15.9 Å². The molecule has 0 radical (unpaired) electrons. The van der Waals surface area contributed by atoms with Crippen LogP contribution in [0.4, 0.5) is 10.1 Å². The molecule has 2 fully saturated rings. The lowest BCUT2D eigenvalue weighted by Crippen LogP contribution is -2.39. The van der Waals surface area contributed by atoms with Gasteiger partial charge in [0.2, 0.25) is 0 Å². The Morgan fingerprint density at radius 1 is 1.09 bits per heavy atom. The van der Waals surface area contributed by atoms with Crippen LogP contribution >= 0.6 is 11.6 Å². The van der Waals surface area contributed by atoms with Gasteiger partial charge in [0.05, 0.1) is 17.7 Å². The van der Waals surface area contributed by atoms with Crippen molar-refractivity contribution in [2.45, 2.75) is 49.5 Å². The lowest BCUT2D eigenvalue weighted by molar-refractivity contribution is 0.0917. The average molecular weight is 481 g/mol. The highest BCUT2D eigenvalue weighted by molar-refractivity contribution is 7.92. The smallest absolute Gasteiger partial charge is 0.264 e. The highest BCUT2D eigenvalue weighted by Crippen LogP contribution is 2.42. The number of anilines is 1. The number of carbonyl (C=O) groups is 1. The normalized spacial score (nSPS) is 22.8. The predicted molar refractivity (Wildman–Crippen MR) is 121 cm³/mol. The molecular weight excluding hydrogens is 455 g/mol. The lowest BCUT2D eigenvalue weighted by Gasteiger charge is -2.29. The van der Waals surface area contributed by atoms with Crippen molar-refractivity contribution < 1.29 is 22.3 Å². The summed E-state index contributed by atoms with van der Waals surface area (Å²) < 4.78 is 47.6. The molecule has 2 aromatic carbocycles. The van der Waals surface area contributed by atoms with Gasteiger partial charge >= 0.3 is 0 Å². The number of hydrogen-bond donors (Lipinski definition) is 2. The van der Waals surface area contributed by atoms with Gasteiger partial charge in [-0.1, -0.05) is 30.9 Å². The van der Waals surface area contributed by atoms with Gasteiger partial charge in [-0.3, -0.25) is 9.52 Å². The summed E-state index contributed by atoms with van der Waals surface area (Å²) in [5.74, 6) is 0.110. The van der Waals surface area contributed by atoms with Gasteiger partial charge in [-0.25, -0.2) is 12.8 Å². The Morgan fingerprint density at radius 2 is 1.81 bits per heavy atom. The Labute approximate surface area is 192 Å². The van der Waals surface area contributed by atoms with Crippen molar-refractivity contribution in [2.75, 3.05) is 11.8 Å². The van der Waals surface area contributed by atoms with Crippen LogP contribution in [0.3, 0.4) is 0 Å². The Morgan fingerprint density at radius 3 is 2.53 bits per heavy atom. The van der Waals surface area contributed by atoms with Gasteiger partial charge in [0.1, 0.15) is 16.5 Å². The number of carbonyl (C=O) groups excluding carboxylic acids is 1. The monoisotopic (exact) mass is 480 g/mol. The maximum atomic E-state index is 14.6.